The van der Waals surface area contributed by atoms with Crippen molar-refractivity contribution in [2.45, 2.75) is 30.4 Å². The SMILES string of the molecule is Cc1cccc(C)c1NC(=O)COC(=O)c1ccccc1SC1CC(=O)N(C)C1=O. The minimum absolute atomic E-state index is 0.0849. The van der Waals surface area contributed by atoms with E-state index in [4.69, 9.17) is 4.74 Å². The largest absolute Gasteiger partial charge is 0.452 e. The predicted molar refractivity (Wildman–Crippen MR) is 113 cm³/mol. The van der Waals surface area contributed by atoms with Gasteiger partial charge in [0.25, 0.3) is 5.91 Å². The first-order valence-electron chi connectivity index (χ1n) is 9.37. The third-order valence-electron chi connectivity index (χ3n) is 4.80. The van der Waals surface area contributed by atoms with Gasteiger partial charge in [0.1, 0.15) is 0 Å². The first kappa shape index (κ1) is 21.6. The van der Waals surface area contributed by atoms with E-state index in [0.717, 1.165) is 27.8 Å². The summed E-state index contributed by atoms with van der Waals surface area (Å²) in [6, 6.07) is 12.3. The van der Waals surface area contributed by atoms with Gasteiger partial charge < -0.3 is 10.1 Å². The first-order chi connectivity index (χ1) is 14.3. The lowest BCUT2D eigenvalue weighted by Crippen LogP contribution is -2.26. The number of imide groups is 1. The number of nitrogens with zero attached hydrogens (tertiary/aromatic N) is 1. The second-order valence-electron chi connectivity index (χ2n) is 6.99. The topological polar surface area (TPSA) is 92.8 Å². The standard InChI is InChI=1S/C22H22N2O5S/c1-13-7-6-8-14(2)20(13)23-18(25)12-29-22(28)15-9-4-5-10-16(15)30-17-11-19(26)24(3)21(17)27/h4-10,17H,11-12H2,1-3H3,(H,23,25). The van der Waals surface area contributed by atoms with Crippen molar-refractivity contribution in [2.24, 2.45) is 0 Å². The Labute approximate surface area is 178 Å². The number of nitrogens with one attached hydrogen (secondary N) is 1. The molecule has 7 nitrogen and oxygen atoms in total. The van der Waals surface area contributed by atoms with Gasteiger partial charge in [0.2, 0.25) is 11.8 Å². The summed E-state index contributed by atoms with van der Waals surface area (Å²) in [5.74, 6) is -1.65. The Morgan fingerprint density at radius 3 is 2.40 bits per heavy atom. The number of anilines is 1. The first-order valence-corrected chi connectivity index (χ1v) is 10.2. The van der Waals surface area contributed by atoms with Crippen LogP contribution in [0.25, 0.3) is 0 Å². The Kier molecular flexibility index (Phi) is 6.56. The summed E-state index contributed by atoms with van der Waals surface area (Å²) in [7, 11) is 1.44. The highest BCUT2D eigenvalue weighted by Crippen LogP contribution is 2.33. The molecule has 0 radical (unpaired) electrons. The van der Waals surface area contributed by atoms with E-state index in [9.17, 15) is 19.2 Å². The van der Waals surface area contributed by atoms with E-state index in [0.29, 0.717) is 10.6 Å². The Balaban J connectivity index is 1.64. The predicted octanol–water partition coefficient (Wildman–Crippen LogP) is 2.95. The molecule has 2 aromatic rings. The number of para-hydroxylation sites is 1. The fraction of sp³-hybridized carbons (Fsp3) is 0.273. The van der Waals surface area contributed by atoms with Gasteiger partial charge in [-0.2, -0.15) is 0 Å². The van der Waals surface area contributed by atoms with Crippen LogP contribution in [0.15, 0.2) is 47.4 Å². The second-order valence-corrected chi connectivity index (χ2v) is 8.23. The smallest absolute Gasteiger partial charge is 0.339 e. The highest BCUT2D eigenvalue weighted by Gasteiger charge is 2.37. The summed E-state index contributed by atoms with van der Waals surface area (Å²) in [5, 5.41) is 2.19. The number of esters is 1. The molecule has 1 aliphatic heterocycles. The summed E-state index contributed by atoms with van der Waals surface area (Å²) < 4.78 is 5.19. The fourth-order valence-electron chi connectivity index (χ4n) is 3.10. The number of carbonyl (C=O) groups is 4. The van der Waals surface area contributed by atoms with Crippen LogP contribution >= 0.6 is 11.8 Å². The van der Waals surface area contributed by atoms with E-state index in [1.165, 1.54) is 7.05 Å². The molecule has 1 fully saturated rings. The molecule has 30 heavy (non-hydrogen) atoms. The Hall–Kier alpha value is -3.13. The van der Waals surface area contributed by atoms with Crippen molar-refractivity contribution in [1.82, 2.24) is 4.90 Å². The molecular formula is C22H22N2O5S. The quantitative estimate of drug-likeness (QED) is 0.564. The zero-order valence-electron chi connectivity index (χ0n) is 16.9. The lowest BCUT2D eigenvalue weighted by molar-refractivity contribution is -0.136. The Morgan fingerprint density at radius 1 is 1.10 bits per heavy atom. The van der Waals surface area contributed by atoms with Crippen molar-refractivity contribution < 1.29 is 23.9 Å². The van der Waals surface area contributed by atoms with Gasteiger partial charge in [-0.15, -0.1) is 11.8 Å². The fourth-order valence-corrected chi connectivity index (χ4v) is 4.33. The van der Waals surface area contributed by atoms with Crippen LogP contribution in [-0.4, -0.2) is 47.5 Å². The number of aryl methyl sites for hydroxylation is 2. The van der Waals surface area contributed by atoms with E-state index in [2.05, 4.69) is 5.32 Å². The molecule has 0 bridgehead atoms. The van der Waals surface area contributed by atoms with E-state index in [1.807, 2.05) is 32.0 Å². The van der Waals surface area contributed by atoms with Gasteiger partial charge in [-0.05, 0) is 37.1 Å². The molecule has 0 saturated carbocycles. The van der Waals surface area contributed by atoms with Crippen LogP contribution in [0.2, 0.25) is 0 Å². The molecule has 0 aliphatic carbocycles. The minimum atomic E-state index is -0.667. The van der Waals surface area contributed by atoms with E-state index in [-0.39, 0.29) is 23.8 Å². The van der Waals surface area contributed by atoms with Gasteiger partial charge in [0.05, 0.1) is 10.8 Å². The van der Waals surface area contributed by atoms with Crippen LogP contribution in [-0.2, 0) is 19.1 Å². The maximum atomic E-state index is 12.6. The third-order valence-corrected chi connectivity index (χ3v) is 6.06. The van der Waals surface area contributed by atoms with Crippen molar-refractivity contribution in [1.29, 1.82) is 0 Å². The molecule has 1 N–H and O–H groups in total. The molecule has 1 saturated heterocycles. The second kappa shape index (κ2) is 9.13. The minimum Gasteiger partial charge on any atom is -0.452 e. The van der Waals surface area contributed by atoms with Gasteiger partial charge in [-0.3, -0.25) is 19.3 Å². The van der Waals surface area contributed by atoms with Crippen molar-refractivity contribution in [3.63, 3.8) is 0 Å². The number of benzene rings is 2. The number of ether oxygens (including phenoxy) is 1. The molecular weight excluding hydrogens is 404 g/mol. The zero-order valence-corrected chi connectivity index (χ0v) is 17.7. The van der Waals surface area contributed by atoms with Crippen molar-refractivity contribution in [2.75, 3.05) is 19.0 Å². The number of rotatable bonds is 6. The number of hydrogen-bond acceptors (Lipinski definition) is 6. The zero-order chi connectivity index (χ0) is 21.8. The molecule has 3 rings (SSSR count). The number of hydrogen-bond donors (Lipinski definition) is 1. The number of thioether (sulfide) groups is 1. The number of carbonyl (C=O) groups excluding carboxylic acids is 4. The monoisotopic (exact) mass is 426 g/mol. The lowest BCUT2D eigenvalue weighted by atomic mass is 10.1. The number of likely N-dealkylation sites (tertiary alicyclic amines) is 1. The maximum Gasteiger partial charge on any atom is 0.339 e. The molecule has 2 aromatic carbocycles. The molecule has 8 heteroatoms. The molecule has 1 aliphatic rings. The summed E-state index contributed by atoms with van der Waals surface area (Å²) in [6.07, 6.45) is 0.0849. The molecule has 1 atom stereocenters. The summed E-state index contributed by atoms with van der Waals surface area (Å²) in [4.78, 5) is 50.3. The summed E-state index contributed by atoms with van der Waals surface area (Å²) in [6.45, 7) is 3.33. The molecule has 0 spiro atoms. The highest BCUT2D eigenvalue weighted by atomic mass is 32.2. The van der Waals surface area contributed by atoms with Gasteiger partial charge in [0, 0.05) is 24.1 Å². The third kappa shape index (κ3) is 4.71. The van der Waals surface area contributed by atoms with Crippen LogP contribution in [0.3, 0.4) is 0 Å². The highest BCUT2D eigenvalue weighted by molar-refractivity contribution is 8.00. The van der Waals surface area contributed by atoms with Crippen LogP contribution in [0.1, 0.15) is 27.9 Å². The average molecular weight is 426 g/mol. The average Bonchev–Trinajstić information content (AvgIpc) is 2.96. The van der Waals surface area contributed by atoms with Gasteiger partial charge in [-0.25, -0.2) is 4.79 Å². The maximum absolute atomic E-state index is 12.6. The van der Waals surface area contributed by atoms with Crippen molar-refractivity contribution in [3.8, 4) is 0 Å². The van der Waals surface area contributed by atoms with Crippen LogP contribution in [0.5, 0.6) is 0 Å². The Morgan fingerprint density at radius 2 is 1.77 bits per heavy atom. The van der Waals surface area contributed by atoms with Crippen molar-refractivity contribution >= 4 is 41.1 Å². The van der Waals surface area contributed by atoms with Gasteiger partial charge in [-0.1, -0.05) is 30.3 Å². The van der Waals surface area contributed by atoms with Crippen LogP contribution in [0.4, 0.5) is 5.69 Å². The molecule has 1 unspecified atom stereocenters. The van der Waals surface area contributed by atoms with E-state index >= 15 is 0 Å². The molecule has 3 amide bonds. The van der Waals surface area contributed by atoms with Gasteiger partial charge >= 0.3 is 5.97 Å². The van der Waals surface area contributed by atoms with Crippen molar-refractivity contribution in [3.05, 3.63) is 59.2 Å². The Bertz CT molecular complexity index is 1000. The van der Waals surface area contributed by atoms with Crippen LogP contribution < -0.4 is 5.32 Å². The van der Waals surface area contributed by atoms with E-state index in [1.54, 1.807) is 24.3 Å². The normalized spacial score (nSPS) is 16.0. The molecule has 1 heterocycles. The van der Waals surface area contributed by atoms with Crippen LogP contribution in [0, 0.1) is 13.8 Å². The lowest BCUT2D eigenvalue weighted by Gasteiger charge is -2.13. The number of amides is 3. The molecule has 0 aromatic heterocycles. The van der Waals surface area contributed by atoms with E-state index < -0.39 is 23.7 Å². The summed E-state index contributed by atoms with van der Waals surface area (Å²) in [5.41, 5.74) is 2.77. The van der Waals surface area contributed by atoms with Gasteiger partial charge in [0.15, 0.2) is 6.61 Å². The summed E-state index contributed by atoms with van der Waals surface area (Å²) >= 11 is 1.15. The molecule has 156 valence electrons.